The highest BCUT2D eigenvalue weighted by Gasteiger charge is 2.36. The van der Waals surface area contributed by atoms with Gasteiger partial charge in [-0.1, -0.05) is 51.8 Å². The number of fused-ring (bicyclic) bond motifs is 1. The van der Waals surface area contributed by atoms with Gasteiger partial charge in [0, 0.05) is 10.0 Å². The van der Waals surface area contributed by atoms with Crippen LogP contribution in [0.4, 0.5) is 5.69 Å². The van der Waals surface area contributed by atoms with Gasteiger partial charge >= 0.3 is 0 Å². The Bertz CT molecular complexity index is 667. The summed E-state index contributed by atoms with van der Waals surface area (Å²) in [6.45, 7) is 2.60. The van der Waals surface area contributed by atoms with Gasteiger partial charge < -0.3 is 10.6 Å². The van der Waals surface area contributed by atoms with E-state index in [0.29, 0.717) is 6.54 Å². The molecule has 2 N–H and O–H groups in total. The van der Waals surface area contributed by atoms with Crippen LogP contribution in [0.15, 0.2) is 46.9 Å². The van der Waals surface area contributed by atoms with E-state index in [-0.39, 0.29) is 5.91 Å². The number of halogens is 1. The Morgan fingerprint density at radius 2 is 1.90 bits per heavy atom. The van der Waals surface area contributed by atoms with Crippen LogP contribution in [0.3, 0.4) is 0 Å². The minimum Gasteiger partial charge on any atom is -0.316 e. The molecule has 0 aliphatic carbocycles. The number of carbonyl (C=O) groups excluding carboxylic acids is 1. The number of benzene rings is 2. The smallest absolute Gasteiger partial charge is 0.248 e. The van der Waals surface area contributed by atoms with Gasteiger partial charge in [-0.15, -0.1) is 0 Å². The monoisotopic (exact) mass is 330 g/mol. The average Bonchev–Trinajstić information content (AvgIpc) is 2.67. The molecule has 0 saturated heterocycles. The van der Waals surface area contributed by atoms with Crippen LogP contribution >= 0.6 is 15.9 Å². The molecule has 1 atom stereocenters. The van der Waals surface area contributed by atoms with Gasteiger partial charge in [0.25, 0.3) is 0 Å². The zero-order chi connectivity index (χ0) is 14.3. The maximum Gasteiger partial charge on any atom is 0.248 e. The van der Waals surface area contributed by atoms with Gasteiger partial charge in [0.1, 0.15) is 6.04 Å². The molecule has 0 saturated carbocycles. The second-order valence-electron chi connectivity index (χ2n) is 5.06. The fourth-order valence-corrected chi connectivity index (χ4v) is 3.12. The summed E-state index contributed by atoms with van der Waals surface area (Å²) in [5.41, 5.74) is 10.1. The van der Waals surface area contributed by atoms with E-state index in [9.17, 15) is 4.79 Å². The summed E-state index contributed by atoms with van der Waals surface area (Å²) in [4.78, 5) is 14.1. The van der Waals surface area contributed by atoms with Crippen molar-refractivity contribution in [2.45, 2.75) is 19.5 Å². The van der Waals surface area contributed by atoms with Crippen molar-refractivity contribution in [3.05, 3.63) is 63.6 Å². The molecule has 102 valence electrons. The van der Waals surface area contributed by atoms with Gasteiger partial charge in [0.15, 0.2) is 0 Å². The maximum atomic E-state index is 12.4. The molecule has 2 aromatic carbocycles. The van der Waals surface area contributed by atoms with E-state index < -0.39 is 6.04 Å². The molecule has 1 amide bonds. The molecule has 20 heavy (non-hydrogen) atoms. The minimum atomic E-state index is -0.578. The zero-order valence-electron chi connectivity index (χ0n) is 11.1. The summed E-state index contributed by atoms with van der Waals surface area (Å²) in [5.74, 6) is -0.0486. The van der Waals surface area contributed by atoms with Crippen molar-refractivity contribution in [1.82, 2.24) is 0 Å². The van der Waals surface area contributed by atoms with Crippen LogP contribution in [0.25, 0.3) is 0 Å². The lowest BCUT2D eigenvalue weighted by molar-refractivity contribution is -0.119. The summed E-state index contributed by atoms with van der Waals surface area (Å²) in [7, 11) is 0. The molecule has 4 heteroatoms. The van der Waals surface area contributed by atoms with E-state index in [2.05, 4.69) is 28.1 Å². The van der Waals surface area contributed by atoms with Crippen LogP contribution in [-0.4, -0.2) is 5.91 Å². The molecule has 0 fully saturated rings. The predicted molar refractivity (Wildman–Crippen MR) is 83.4 cm³/mol. The van der Waals surface area contributed by atoms with E-state index in [1.807, 2.05) is 37.3 Å². The molecular weight excluding hydrogens is 316 g/mol. The van der Waals surface area contributed by atoms with Crippen molar-refractivity contribution in [2.24, 2.45) is 5.73 Å². The van der Waals surface area contributed by atoms with Gasteiger partial charge in [-0.2, -0.15) is 0 Å². The lowest BCUT2D eigenvalue weighted by atomic mass is 10.1. The third-order valence-corrected chi connectivity index (χ3v) is 4.32. The van der Waals surface area contributed by atoms with Crippen LogP contribution in [-0.2, 0) is 11.3 Å². The molecule has 1 aliphatic rings. The van der Waals surface area contributed by atoms with Gasteiger partial charge in [0.2, 0.25) is 5.91 Å². The molecule has 0 aromatic heterocycles. The molecule has 1 aliphatic heterocycles. The number of nitrogens with zero attached hydrogens (tertiary/aromatic N) is 1. The molecule has 3 nitrogen and oxygen atoms in total. The second kappa shape index (κ2) is 5.04. The molecule has 3 rings (SSSR count). The third kappa shape index (κ3) is 2.15. The Balaban J connectivity index is 1.97. The lowest BCUT2D eigenvalue weighted by Gasteiger charge is -2.18. The Morgan fingerprint density at radius 3 is 2.60 bits per heavy atom. The molecule has 0 spiro atoms. The van der Waals surface area contributed by atoms with Crippen molar-refractivity contribution in [2.75, 3.05) is 4.90 Å². The van der Waals surface area contributed by atoms with Gasteiger partial charge in [-0.25, -0.2) is 0 Å². The molecular formula is C16H15BrN2O. The number of nitrogens with two attached hydrogens (primary N) is 1. The van der Waals surface area contributed by atoms with Gasteiger partial charge in [0.05, 0.1) is 12.2 Å². The van der Waals surface area contributed by atoms with Gasteiger partial charge in [-0.3, -0.25) is 4.79 Å². The number of anilines is 1. The lowest BCUT2D eigenvalue weighted by Crippen LogP contribution is -2.31. The van der Waals surface area contributed by atoms with Crippen molar-refractivity contribution in [3.8, 4) is 0 Å². The third-order valence-electron chi connectivity index (χ3n) is 3.63. The highest BCUT2D eigenvalue weighted by molar-refractivity contribution is 9.10. The maximum absolute atomic E-state index is 12.4. The summed E-state index contributed by atoms with van der Waals surface area (Å²) < 4.78 is 0.891. The summed E-state index contributed by atoms with van der Waals surface area (Å²) in [6, 6.07) is 13.4. The van der Waals surface area contributed by atoms with E-state index in [1.54, 1.807) is 4.90 Å². The Kier molecular flexibility index (Phi) is 3.36. The highest BCUT2D eigenvalue weighted by atomic mass is 79.9. The van der Waals surface area contributed by atoms with Crippen LogP contribution in [0, 0.1) is 6.92 Å². The van der Waals surface area contributed by atoms with Crippen molar-refractivity contribution < 1.29 is 4.79 Å². The highest BCUT2D eigenvalue weighted by Crippen LogP contribution is 2.39. The van der Waals surface area contributed by atoms with Crippen molar-refractivity contribution >= 4 is 27.5 Å². The first kappa shape index (κ1) is 13.3. The first-order chi connectivity index (χ1) is 9.58. The van der Waals surface area contributed by atoms with Crippen LogP contribution in [0.2, 0.25) is 0 Å². The number of amides is 1. The summed E-state index contributed by atoms with van der Waals surface area (Å²) in [6.07, 6.45) is 0. The standard InChI is InChI=1S/C16H15BrN2O/c1-10-5-7-11(8-6-10)9-19-13-4-2-3-12(17)14(13)15(18)16(19)20/h2-8,15H,9,18H2,1H3. The first-order valence-corrected chi connectivity index (χ1v) is 7.28. The quantitative estimate of drug-likeness (QED) is 0.918. The van der Waals surface area contributed by atoms with Crippen LogP contribution in [0.1, 0.15) is 22.7 Å². The van der Waals surface area contributed by atoms with Crippen molar-refractivity contribution in [1.29, 1.82) is 0 Å². The molecule has 2 aromatic rings. The Hall–Kier alpha value is -1.65. The molecule has 0 radical (unpaired) electrons. The topological polar surface area (TPSA) is 46.3 Å². The van der Waals surface area contributed by atoms with Crippen LogP contribution < -0.4 is 10.6 Å². The number of carbonyl (C=O) groups is 1. The molecule has 1 heterocycles. The summed E-state index contributed by atoms with van der Waals surface area (Å²) >= 11 is 3.48. The Morgan fingerprint density at radius 1 is 1.20 bits per heavy atom. The van der Waals surface area contributed by atoms with E-state index >= 15 is 0 Å². The largest absolute Gasteiger partial charge is 0.316 e. The first-order valence-electron chi connectivity index (χ1n) is 6.49. The van der Waals surface area contributed by atoms with Crippen molar-refractivity contribution in [3.63, 3.8) is 0 Å². The number of hydrogen-bond acceptors (Lipinski definition) is 2. The number of rotatable bonds is 2. The van der Waals surface area contributed by atoms with Gasteiger partial charge in [-0.05, 0) is 24.6 Å². The minimum absolute atomic E-state index is 0.0486. The summed E-state index contributed by atoms with van der Waals surface area (Å²) in [5, 5.41) is 0. The normalized spacial score (nSPS) is 17.4. The average molecular weight is 331 g/mol. The van der Waals surface area contributed by atoms with E-state index in [4.69, 9.17) is 5.73 Å². The fourth-order valence-electron chi connectivity index (χ4n) is 2.52. The number of aryl methyl sites for hydroxylation is 1. The Labute approximate surface area is 126 Å². The molecule has 0 bridgehead atoms. The van der Waals surface area contributed by atoms with Crippen LogP contribution in [0.5, 0.6) is 0 Å². The van der Waals surface area contributed by atoms with E-state index in [1.165, 1.54) is 5.56 Å². The second-order valence-corrected chi connectivity index (χ2v) is 5.91. The SMILES string of the molecule is Cc1ccc(CN2C(=O)C(N)c3c(Br)cccc32)cc1. The fraction of sp³-hybridized carbons (Fsp3) is 0.188. The van der Waals surface area contributed by atoms with E-state index in [0.717, 1.165) is 21.3 Å². The predicted octanol–water partition coefficient (Wildman–Crippen LogP) is 3.30. The molecule has 1 unspecified atom stereocenters. The zero-order valence-corrected chi connectivity index (χ0v) is 12.7. The number of hydrogen-bond donors (Lipinski definition) is 1.